The van der Waals surface area contributed by atoms with Crippen molar-refractivity contribution in [2.45, 2.75) is 13.3 Å². The quantitative estimate of drug-likeness (QED) is 0.383. The van der Waals surface area contributed by atoms with E-state index in [9.17, 15) is 4.79 Å². The summed E-state index contributed by atoms with van der Waals surface area (Å²) < 4.78 is 17.2. The number of rotatable bonds is 9. The summed E-state index contributed by atoms with van der Waals surface area (Å²) in [4.78, 5) is 14.4. The Kier molecular flexibility index (Phi) is 7.05. The van der Waals surface area contributed by atoms with Crippen LogP contribution in [0.3, 0.4) is 0 Å². The number of carbonyl (C=O) groups is 1. The van der Waals surface area contributed by atoms with Gasteiger partial charge in [0.1, 0.15) is 25.4 Å². The fraction of sp³-hybridized carbons (Fsp3) is 0.667. The van der Waals surface area contributed by atoms with Gasteiger partial charge >= 0.3 is 5.97 Å². The smallest absolute Gasteiger partial charge is 0.318 e. The van der Waals surface area contributed by atoms with Gasteiger partial charge in [-0.2, -0.15) is 0 Å². The number of aromatic nitrogens is 2. The van der Waals surface area contributed by atoms with Gasteiger partial charge in [0.05, 0.1) is 26.9 Å². The van der Waals surface area contributed by atoms with Crippen molar-refractivity contribution < 1.29 is 23.6 Å². The molecule has 0 atom stereocenters. The van der Waals surface area contributed by atoms with Crippen LogP contribution < -0.4 is 4.57 Å². The summed E-state index contributed by atoms with van der Waals surface area (Å²) in [5.41, 5.74) is 0. The second-order valence-electron chi connectivity index (χ2n) is 3.72. The van der Waals surface area contributed by atoms with Crippen LogP contribution in [0.1, 0.15) is 12.7 Å². The Morgan fingerprint density at radius 1 is 1.28 bits per heavy atom. The van der Waals surface area contributed by atoms with Crippen LogP contribution in [-0.2, 0) is 32.5 Å². The SMILES string of the molecule is CCOCCOCCOC(=O)Cc1[nH]cc[n+]1C. The molecule has 0 radical (unpaired) electrons. The third kappa shape index (κ3) is 5.79. The number of esters is 1. The van der Waals surface area contributed by atoms with E-state index in [0.717, 1.165) is 5.82 Å². The molecule has 0 saturated carbocycles. The summed E-state index contributed by atoms with van der Waals surface area (Å²) in [6.45, 7) is 4.39. The van der Waals surface area contributed by atoms with Crippen molar-refractivity contribution in [2.24, 2.45) is 7.05 Å². The minimum absolute atomic E-state index is 0.239. The highest BCUT2D eigenvalue weighted by Gasteiger charge is 2.13. The van der Waals surface area contributed by atoms with E-state index in [4.69, 9.17) is 14.2 Å². The first-order chi connectivity index (χ1) is 8.74. The highest BCUT2D eigenvalue weighted by atomic mass is 16.6. The molecular weight excluding hydrogens is 236 g/mol. The average molecular weight is 257 g/mol. The lowest BCUT2D eigenvalue weighted by molar-refractivity contribution is -0.677. The second kappa shape index (κ2) is 8.66. The molecule has 0 bridgehead atoms. The van der Waals surface area contributed by atoms with Gasteiger partial charge in [0.2, 0.25) is 0 Å². The molecule has 0 aliphatic heterocycles. The fourth-order valence-corrected chi connectivity index (χ4v) is 1.38. The Balaban J connectivity index is 2.02. The average Bonchev–Trinajstić information content (AvgIpc) is 2.74. The van der Waals surface area contributed by atoms with Crippen LogP contribution >= 0.6 is 0 Å². The molecule has 0 aliphatic carbocycles. The molecule has 0 aliphatic rings. The van der Waals surface area contributed by atoms with Gasteiger partial charge in [-0.3, -0.25) is 4.79 Å². The number of nitrogens with one attached hydrogen (secondary N) is 1. The number of imidazole rings is 1. The fourth-order valence-electron chi connectivity index (χ4n) is 1.38. The number of aryl methyl sites for hydroxylation is 1. The number of hydrogen-bond donors (Lipinski definition) is 1. The molecule has 6 heteroatoms. The van der Waals surface area contributed by atoms with Crippen molar-refractivity contribution in [3.05, 3.63) is 18.2 Å². The van der Waals surface area contributed by atoms with E-state index >= 15 is 0 Å². The van der Waals surface area contributed by atoms with E-state index in [1.165, 1.54) is 0 Å². The zero-order valence-corrected chi connectivity index (χ0v) is 11.0. The first-order valence-corrected chi connectivity index (χ1v) is 6.07. The van der Waals surface area contributed by atoms with Crippen LogP contribution in [0, 0.1) is 0 Å². The lowest BCUT2D eigenvalue weighted by Crippen LogP contribution is -2.32. The molecule has 1 heterocycles. The summed E-state index contributed by atoms with van der Waals surface area (Å²) in [7, 11) is 1.87. The monoisotopic (exact) mass is 257 g/mol. The molecular formula is C12H21N2O4+. The van der Waals surface area contributed by atoms with Gasteiger partial charge in [0, 0.05) is 6.61 Å². The van der Waals surface area contributed by atoms with Gasteiger partial charge in [-0.1, -0.05) is 0 Å². The molecule has 0 fully saturated rings. The van der Waals surface area contributed by atoms with Crippen LogP contribution in [-0.4, -0.2) is 44.0 Å². The van der Waals surface area contributed by atoms with Crippen molar-refractivity contribution >= 4 is 5.97 Å². The standard InChI is InChI=1S/C12H20N2O4/c1-3-16-6-7-17-8-9-18-12(15)10-11-13-4-5-14(11)2/h4-5H,3,6-10H2,1-2H3/p+1. The van der Waals surface area contributed by atoms with E-state index in [1.54, 1.807) is 6.20 Å². The maximum Gasteiger partial charge on any atom is 0.318 e. The van der Waals surface area contributed by atoms with Crippen molar-refractivity contribution in [1.82, 2.24) is 4.98 Å². The number of hydrogen-bond acceptors (Lipinski definition) is 4. The maximum absolute atomic E-state index is 11.5. The van der Waals surface area contributed by atoms with Crippen LogP contribution in [0.2, 0.25) is 0 Å². The van der Waals surface area contributed by atoms with Crippen molar-refractivity contribution in [3.8, 4) is 0 Å². The highest BCUT2D eigenvalue weighted by molar-refractivity contribution is 5.71. The Morgan fingerprint density at radius 3 is 2.67 bits per heavy atom. The molecule has 1 rings (SSSR count). The third-order valence-corrected chi connectivity index (χ3v) is 2.35. The molecule has 0 unspecified atom stereocenters. The molecule has 1 N–H and O–H groups in total. The number of ether oxygens (including phenoxy) is 3. The zero-order valence-electron chi connectivity index (χ0n) is 11.0. The Hall–Kier alpha value is -1.40. The third-order valence-electron chi connectivity index (χ3n) is 2.35. The predicted molar refractivity (Wildman–Crippen MR) is 63.9 cm³/mol. The van der Waals surface area contributed by atoms with Crippen LogP contribution in [0.5, 0.6) is 0 Å². The predicted octanol–water partition coefficient (Wildman–Crippen LogP) is -0.0220. The molecule has 1 aromatic heterocycles. The maximum atomic E-state index is 11.5. The van der Waals surface area contributed by atoms with E-state index < -0.39 is 0 Å². The van der Waals surface area contributed by atoms with Gasteiger partial charge in [-0.25, -0.2) is 9.55 Å². The Labute approximate surface area is 107 Å². The molecule has 6 nitrogen and oxygen atoms in total. The summed E-state index contributed by atoms with van der Waals surface area (Å²) in [6.07, 6.45) is 3.86. The van der Waals surface area contributed by atoms with Gasteiger partial charge < -0.3 is 14.2 Å². The topological polar surface area (TPSA) is 64.4 Å². The minimum atomic E-state index is -0.263. The second-order valence-corrected chi connectivity index (χ2v) is 3.72. The number of nitrogens with zero attached hydrogens (tertiary/aromatic N) is 1. The van der Waals surface area contributed by atoms with Crippen molar-refractivity contribution in [2.75, 3.05) is 33.0 Å². The molecule has 102 valence electrons. The molecule has 18 heavy (non-hydrogen) atoms. The van der Waals surface area contributed by atoms with Crippen LogP contribution in [0.15, 0.2) is 12.4 Å². The number of aromatic amines is 1. The molecule has 1 aromatic rings. The first-order valence-electron chi connectivity index (χ1n) is 6.07. The molecule has 0 amide bonds. The van der Waals surface area contributed by atoms with E-state index in [-0.39, 0.29) is 19.0 Å². The Bertz CT molecular complexity index is 352. The normalized spacial score (nSPS) is 10.6. The van der Waals surface area contributed by atoms with Gasteiger partial charge in [-0.15, -0.1) is 0 Å². The minimum Gasteiger partial charge on any atom is -0.463 e. The van der Waals surface area contributed by atoms with Crippen LogP contribution in [0.4, 0.5) is 0 Å². The molecule has 0 aromatic carbocycles. The summed E-state index contributed by atoms with van der Waals surface area (Å²) in [6, 6.07) is 0. The van der Waals surface area contributed by atoms with Gasteiger partial charge in [0.15, 0.2) is 0 Å². The first kappa shape index (κ1) is 14.7. The van der Waals surface area contributed by atoms with E-state index in [0.29, 0.717) is 26.4 Å². The lowest BCUT2D eigenvalue weighted by Gasteiger charge is -2.05. The largest absolute Gasteiger partial charge is 0.463 e. The number of H-pyrrole nitrogens is 1. The zero-order chi connectivity index (χ0) is 13.2. The summed E-state index contributed by atoms with van der Waals surface area (Å²) in [5, 5.41) is 0. The van der Waals surface area contributed by atoms with Gasteiger partial charge in [-0.05, 0) is 6.92 Å². The summed E-state index contributed by atoms with van der Waals surface area (Å²) in [5.74, 6) is 0.554. The highest BCUT2D eigenvalue weighted by Crippen LogP contribution is 1.91. The van der Waals surface area contributed by atoms with E-state index in [2.05, 4.69) is 4.98 Å². The summed E-state index contributed by atoms with van der Waals surface area (Å²) >= 11 is 0. The van der Waals surface area contributed by atoms with E-state index in [1.807, 2.05) is 24.7 Å². The molecule has 0 saturated heterocycles. The van der Waals surface area contributed by atoms with Crippen molar-refractivity contribution in [1.29, 1.82) is 0 Å². The van der Waals surface area contributed by atoms with Crippen LogP contribution in [0.25, 0.3) is 0 Å². The molecule has 0 spiro atoms. The van der Waals surface area contributed by atoms with Crippen molar-refractivity contribution in [3.63, 3.8) is 0 Å². The lowest BCUT2D eigenvalue weighted by atomic mass is 10.4. The Morgan fingerprint density at radius 2 is 2.00 bits per heavy atom. The van der Waals surface area contributed by atoms with Gasteiger partial charge in [0.25, 0.3) is 5.82 Å². The number of carbonyl (C=O) groups excluding carboxylic acids is 1.